The van der Waals surface area contributed by atoms with E-state index in [1.165, 1.54) is 31.5 Å². The first-order valence-corrected chi connectivity index (χ1v) is 9.21. The second-order valence-electron chi connectivity index (χ2n) is 6.75. The average Bonchev–Trinajstić information content (AvgIpc) is 3.13. The van der Waals surface area contributed by atoms with Gasteiger partial charge in [-0.1, -0.05) is 12.1 Å². The quantitative estimate of drug-likeness (QED) is 0.773. The molecule has 0 bridgehead atoms. The van der Waals surface area contributed by atoms with Crippen molar-refractivity contribution >= 4 is 5.91 Å². The summed E-state index contributed by atoms with van der Waals surface area (Å²) in [5.74, 6) is 0.0419. The molecule has 1 N–H and O–H groups in total. The van der Waals surface area contributed by atoms with E-state index in [1.54, 1.807) is 0 Å². The average molecular weight is 331 g/mol. The minimum Gasteiger partial charge on any atom is -0.379 e. The molecule has 1 aromatic rings. The van der Waals surface area contributed by atoms with Crippen molar-refractivity contribution in [3.05, 3.63) is 35.4 Å². The fraction of sp³-hybridized carbons (Fsp3) is 0.632. The highest BCUT2D eigenvalue weighted by molar-refractivity contribution is 5.94. The summed E-state index contributed by atoms with van der Waals surface area (Å²) in [5.41, 5.74) is 1.96. The van der Waals surface area contributed by atoms with Crippen LogP contribution in [0, 0.1) is 0 Å². The Hall–Kier alpha value is -1.43. The normalized spacial score (nSPS) is 19.5. The lowest BCUT2D eigenvalue weighted by Gasteiger charge is -2.26. The Labute approximate surface area is 145 Å². The molecule has 2 aliphatic heterocycles. The van der Waals surface area contributed by atoms with Crippen LogP contribution in [0.3, 0.4) is 0 Å². The molecule has 0 spiro atoms. The lowest BCUT2D eigenvalue weighted by atomic mass is 10.1. The number of morpholine rings is 1. The summed E-state index contributed by atoms with van der Waals surface area (Å²) in [6, 6.07) is 8.00. The topological polar surface area (TPSA) is 44.8 Å². The van der Waals surface area contributed by atoms with Crippen molar-refractivity contribution in [1.29, 1.82) is 0 Å². The molecular weight excluding hydrogens is 302 g/mol. The van der Waals surface area contributed by atoms with Crippen LogP contribution < -0.4 is 5.32 Å². The lowest BCUT2D eigenvalue weighted by molar-refractivity contribution is 0.0342. The maximum absolute atomic E-state index is 12.3. The fourth-order valence-corrected chi connectivity index (χ4v) is 3.44. The molecule has 2 fully saturated rings. The zero-order valence-electron chi connectivity index (χ0n) is 14.5. The van der Waals surface area contributed by atoms with E-state index in [-0.39, 0.29) is 5.91 Å². The maximum Gasteiger partial charge on any atom is 0.251 e. The van der Waals surface area contributed by atoms with Gasteiger partial charge in [0.1, 0.15) is 0 Å². The van der Waals surface area contributed by atoms with Crippen LogP contribution in [0.4, 0.5) is 0 Å². The molecular formula is C19H29N3O2. The largest absolute Gasteiger partial charge is 0.379 e. The van der Waals surface area contributed by atoms with Gasteiger partial charge < -0.3 is 15.0 Å². The summed E-state index contributed by atoms with van der Waals surface area (Å²) < 4.78 is 5.38. The maximum atomic E-state index is 12.3. The molecule has 0 saturated carbocycles. The van der Waals surface area contributed by atoms with Gasteiger partial charge in [0.2, 0.25) is 0 Å². The number of amides is 1. The number of carbonyl (C=O) groups excluding carboxylic acids is 1. The summed E-state index contributed by atoms with van der Waals surface area (Å²) in [5, 5.41) is 3.05. The zero-order chi connectivity index (χ0) is 16.6. The summed E-state index contributed by atoms with van der Waals surface area (Å²) in [7, 11) is 0. The second kappa shape index (κ2) is 9.16. The fourth-order valence-electron chi connectivity index (χ4n) is 3.44. The molecule has 24 heavy (non-hydrogen) atoms. The van der Waals surface area contributed by atoms with Gasteiger partial charge in [0, 0.05) is 31.7 Å². The van der Waals surface area contributed by atoms with Gasteiger partial charge >= 0.3 is 0 Å². The summed E-state index contributed by atoms with van der Waals surface area (Å²) >= 11 is 0. The first-order valence-electron chi connectivity index (χ1n) is 9.21. The van der Waals surface area contributed by atoms with Gasteiger partial charge in [0.15, 0.2) is 0 Å². The number of ether oxygens (including phenoxy) is 1. The lowest BCUT2D eigenvalue weighted by Crippen LogP contribution is -2.35. The van der Waals surface area contributed by atoms with E-state index in [2.05, 4.69) is 21.2 Å². The zero-order valence-corrected chi connectivity index (χ0v) is 14.5. The molecule has 2 heterocycles. The number of hydrogen-bond acceptors (Lipinski definition) is 4. The van der Waals surface area contributed by atoms with Gasteiger partial charge in [-0.3, -0.25) is 9.69 Å². The number of likely N-dealkylation sites (tertiary alicyclic amines) is 1. The first-order chi connectivity index (χ1) is 11.8. The molecule has 5 heteroatoms. The van der Waals surface area contributed by atoms with Gasteiger partial charge in [-0.25, -0.2) is 0 Å². The van der Waals surface area contributed by atoms with Crippen LogP contribution in [0.5, 0.6) is 0 Å². The number of rotatable bonds is 7. The highest BCUT2D eigenvalue weighted by atomic mass is 16.5. The number of nitrogens with one attached hydrogen (secondary N) is 1. The number of benzene rings is 1. The van der Waals surface area contributed by atoms with E-state index in [0.717, 1.165) is 57.9 Å². The van der Waals surface area contributed by atoms with Crippen LogP contribution in [-0.2, 0) is 11.3 Å². The third-order valence-corrected chi connectivity index (χ3v) is 4.83. The van der Waals surface area contributed by atoms with Crippen LogP contribution in [0.1, 0.15) is 35.2 Å². The van der Waals surface area contributed by atoms with Crippen molar-refractivity contribution in [1.82, 2.24) is 15.1 Å². The number of hydrogen-bond donors (Lipinski definition) is 1. The highest BCUT2D eigenvalue weighted by Gasteiger charge is 2.13. The molecule has 3 rings (SSSR count). The van der Waals surface area contributed by atoms with Crippen LogP contribution in [0.15, 0.2) is 24.3 Å². The third-order valence-electron chi connectivity index (χ3n) is 4.83. The molecule has 1 amide bonds. The van der Waals surface area contributed by atoms with Crippen LogP contribution >= 0.6 is 0 Å². The monoisotopic (exact) mass is 331 g/mol. The smallest absolute Gasteiger partial charge is 0.251 e. The number of carbonyl (C=O) groups is 1. The van der Waals surface area contributed by atoms with Crippen molar-refractivity contribution in [2.45, 2.75) is 25.8 Å². The van der Waals surface area contributed by atoms with E-state index in [0.29, 0.717) is 0 Å². The molecule has 0 aromatic heterocycles. The molecule has 0 radical (unpaired) electrons. The van der Waals surface area contributed by atoms with E-state index >= 15 is 0 Å². The van der Waals surface area contributed by atoms with E-state index in [4.69, 9.17) is 4.74 Å². The number of nitrogens with zero attached hydrogens (tertiary/aromatic N) is 2. The summed E-state index contributed by atoms with van der Waals surface area (Å²) in [4.78, 5) is 17.2. The van der Waals surface area contributed by atoms with E-state index < -0.39 is 0 Å². The standard InChI is InChI=1S/C19H29N3O2/c23-19(20-7-4-10-21-8-1-2-9-21)18-6-3-5-17(15-18)16-22-11-13-24-14-12-22/h3,5-6,15H,1-2,4,7-14,16H2,(H,20,23). The molecule has 2 saturated heterocycles. The van der Waals surface area contributed by atoms with Gasteiger partial charge in [-0.2, -0.15) is 0 Å². The van der Waals surface area contributed by atoms with Crippen LogP contribution in [0.2, 0.25) is 0 Å². The second-order valence-corrected chi connectivity index (χ2v) is 6.75. The molecule has 2 aliphatic rings. The highest BCUT2D eigenvalue weighted by Crippen LogP contribution is 2.10. The van der Waals surface area contributed by atoms with Gasteiger partial charge in [-0.05, 0) is 56.6 Å². The van der Waals surface area contributed by atoms with Crippen molar-refractivity contribution in [2.24, 2.45) is 0 Å². The van der Waals surface area contributed by atoms with Gasteiger partial charge in [0.25, 0.3) is 5.91 Å². The minimum absolute atomic E-state index is 0.0419. The van der Waals surface area contributed by atoms with E-state index in [1.807, 2.05) is 18.2 Å². The Morgan fingerprint density at radius 2 is 1.88 bits per heavy atom. The van der Waals surface area contributed by atoms with Crippen molar-refractivity contribution in [2.75, 3.05) is 52.5 Å². The van der Waals surface area contributed by atoms with Crippen molar-refractivity contribution in [3.63, 3.8) is 0 Å². The minimum atomic E-state index is 0.0419. The molecule has 0 aliphatic carbocycles. The molecule has 0 atom stereocenters. The summed E-state index contributed by atoms with van der Waals surface area (Å²) in [6.45, 7) is 8.71. The summed E-state index contributed by atoms with van der Waals surface area (Å²) in [6.07, 6.45) is 3.67. The predicted octanol–water partition coefficient (Wildman–Crippen LogP) is 1.73. The SMILES string of the molecule is O=C(NCCCN1CCCC1)c1cccc(CN2CCOCC2)c1. The van der Waals surface area contributed by atoms with Crippen LogP contribution in [0.25, 0.3) is 0 Å². The molecule has 132 valence electrons. The van der Waals surface area contributed by atoms with Crippen molar-refractivity contribution < 1.29 is 9.53 Å². The predicted molar refractivity (Wildman–Crippen MR) is 95.2 cm³/mol. The molecule has 5 nitrogen and oxygen atoms in total. The Balaban J connectivity index is 1.42. The van der Waals surface area contributed by atoms with Gasteiger partial charge in [0.05, 0.1) is 13.2 Å². The van der Waals surface area contributed by atoms with Crippen molar-refractivity contribution in [3.8, 4) is 0 Å². The Morgan fingerprint density at radius 1 is 1.08 bits per heavy atom. The Bertz CT molecular complexity index is 523. The Morgan fingerprint density at radius 3 is 2.67 bits per heavy atom. The van der Waals surface area contributed by atoms with Crippen LogP contribution in [-0.4, -0.2) is 68.2 Å². The first kappa shape index (κ1) is 17.4. The molecule has 0 unspecified atom stereocenters. The Kier molecular flexibility index (Phi) is 6.64. The van der Waals surface area contributed by atoms with Gasteiger partial charge in [-0.15, -0.1) is 0 Å². The molecule has 1 aromatic carbocycles. The third kappa shape index (κ3) is 5.30. The van der Waals surface area contributed by atoms with E-state index in [9.17, 15) is 4.79 Å².